The van der Waals surface area contributed by atoms with Crippen molar-refractivity contribution in [3.8, 4) is 0 Å². The molecule has 0 N–H and O–H groups in total. The highest BCUT2D eigenvalue weighted by atomic mass is 35.5. The molecular formula is C15H9Cl2NO3. The number of fused-ring (bicyclic) bond motifs is 1. The second-order valence-electron chi connectivity index (χ2n) is 4.47. The molecule has 0 spiro atoms. The minimum atomic E-state index is -0.574. The molecule has 0 unspecified atom stereocenters. The number of oxazole rings is 1. The van der Waals surface area contributed by atoms with Gasteiger partial charge in [-0.15, -0.1) is 0 Å². The smallest absolute Gasteiger partial charge is 0.408 e. The van der Waals surface area contributed by atoms with Crippen LogP contribution in [0.25, 0.3) is 11.1 Å². The molecule has 3 aromatic rings. The summed E-state index contributed by atoms with van der Waals surface area (Å²) in [7, 11) is 0. The SMILES string of the molecule is O=C(Cn1c(=O)oc2ccccc21)c1ccc(Cl)cc1Cl. The van der Waals surface area contributed by atoms with Crippen LogP contribution in [-0.2, 0) is 6.54 Å². The van der Waals surface area contributed by atoms with E-state index in [2.05, 4.69) is 0 Å². The van der Waals surface area contributed by atoms with Crippen LogP contribution in [0, 0.1) is 0 Å². The number of hydrogen-bond donors (Lipinski definition) is 0. The molecule has 0 bridgehead atoms. The largest absolute Gasteiger partial charge is 0.420 e. The highest BCUT2D eigenvalue weighted by Gasteiger charge is 2.16. The molecule has 0 aliphatic carbocycles. The number of carbonyl (C=O) groups excluding carboxylic acids is 1. The third-order valence-electron chi connectivity index (χ3n) is 3.11. The van der Waals surface area contributed by atoms with Crippen LogP contribution in [0.4, 0.5) is 0 Å². The lowest BCUT2D eigenvalue weighted by Crippen LogP contribution is -2.20. The number of ketones is 1. The van der Waals surface area contributed by atoms with E-state index in [-0.39, 0.29) is 17.4 Å². The van der Waals surface area contributed by atoms with Crippen molar-refractivity contribution in [3.05, 3.63) is 68.6 Å². The Bertz CT molecular complexity index is 895. The first kappa shape index (κ1) is 13.9. The van der Waals surface area contributed by atoms with E-state index in [1.807, 2.05) is 0 Å². The van der Waals surface area contributed by atoms with Gasteiger partial charge in [0.05, 0.1) is 17.1 Å². The van der Waals surface area contributed by atoms with Gasteiger partial charge in [-0.1, -0.05) is 35.3 Å². The number of aromatic nitrogens is 1. The highest BCUT2D eigenvalue weighted by molar-refractivity contribution is 6.36. The van der Waals surface area contributed by atoms with Crippen molar-refractivity contribution in [2.75, 3.05) is 0 Å². The maximum absolute atomic E-state index is 12.3. The van der Waals surface area contributed by atoms with E-state index in [1.165, 1.54) is 10.6 Å². The van der Waals surface area contributed by atoms with E-state index in [0.717, 1.165) is 0 Å². The Morgan fingerprint density at radius 1 is 1.14 bits per heavy atom. The fourth-order valence-corrected chi connectivity index (χ4v) is 2.62. The van der Waals surface area contributed by atoms with E-state index in [0.29, 0.717) is 21.7 Å². The molecule has 0 fully saturated rings. The van der Waals surface area contributed by atoms with Crippen molar-refractivity contribution in [1.82, 2.24) is 4.57 Å². The zero-order chi connectivity index (χ0) is 15.0. The molecule has 0 radical (unpaired) electrons. The van der Waals surface area contributed by atoms with Crippen LogP contribution >= 0.6 is 23.2 Å². The first-order valence-electron chi connectivity index (χ1n) is 6.13. The van der Waals surface area contributed by atoms with Crippen molar-refractivity contribution in [3.63, 3.8) is 0 Å². The highest BCUT2D eigenvalue weighted by Crippen LogP contribution is 2.22. The lowest BCUT2D eigenvalue weighted by Gasteiger charge is -2.04. The number of hydrogen-bond acceptors (Lipinski definition) is 3. The van der Waals surface area contributed by atoms with Crippen LogP contribution in [0.1, 0.15) is 10.4 Å². The monoisotopic (exact) mass is 321 g/mol. The van der Waals surface area contributed by atoms with Gasteiger partial charge in [-0.05, 0) is 30.3 Å². The van der Waals surface area contributed by atoms with E-state index >= 15 is 0 Å². The normalized spacial score (nSPS) is 11.0. The average Bonchev–Trinajstić information content (AvgIpc) is 2.75. The maximum atomic E-state index is 12.3. The Labute approximate surface area is 129 Å². The fourth-order valence-electron chi connectivity index (χ4n) is 2.11. The first-order chi connectivity index (χ1) is 10.1. The van der Waals surface area contributed by atoms with Gasteiger partial charge in [0.2, 0.25) is 0 Å². The van der Waals surface area contributed by atoms with Crippen LogP contribution in [0.3, 0.4) is 0 Å². The topological polar surface area (TPSA) is 52.2 Å². The van der Waals surface area contributed by atoms with Crippen molar-refractivity contribution in [2.24, 2.45) is 0 Å². The fraction of sp³-hybridized carbons (Fsp3) is 0.0667. The van der Waals surface area contributed by atoms with Crippen molar-refractivity contribution in [2.45, 2.75) is 6.54 Å². The zero-order valence-electron chi connectivity index (χ0n) is 10.7. The van der Waals surface area contributed by atoms with Gasteiger partial charge >= 0.3 is 5.76 Å². The van der Waals surface area contributed by atoms with Gasteiger partial charge in [0.1, 0.15) is 0 Å². The molecule has 4 nitrogen and oxygen atoms in total. The molecule has 0 saturated carbocycles. The summed E-state index contributed by atoms with van der Waals surface area (Å²) < 4.78 is 6.37. The van der Waals surface area contributed by atoms with Crippen molar-refractivity contribution < 1.29 is 9.21 Å². The summed E-state index contributed by atoms with van der Waals surface area (Å²) in [6, 6.07) is 11.5. The molecule has 0 atom stereocenters. The van der Waals surface area contributed by atoms with Gasteiger partial charge in [-0.3, -0.25) is 9.36 Å². The summed E-state index contributed by atoms with van der Waals surface area (Å²) >= 11 is 11.8. The summed E-state index contributed by atoms with van der Waals surface area (Å²) in [5, 5.41) is 0.704. The minimum Gasteiger partial charge on any atom is -0.408 e. The first-order valence-corrected chi connectivity index (χ1v) is 6.88. The van der Waals surface area contributed by atoms with Gasteiger partial charge in [0, 0.05) is 10.6 Å². The number of Topliss-reactive ketones (excluding diaryl/α,β-unsaturated/α-hetero) is 1. The quantitative estimate of drug-likeness (QED) is 0.690. The number of nitrogens with zero attached hydrogens (tertiary/aromatic N) is 1. The molecule has 1 aromatic heterocycles. The van der Waals surface area contributed by atoms with Crippen LogP contribution < -0.4 is 5.76 Å². The summed E-state index contributed by atoms with van der Waals surface area (Å²) in [5.74, 6) is -0.861. The predicted octanol–water partition coefficient (Wildman–Crippen LogP) is 3.78. The van der Waals surface area contributed by atoms with Gasteiger partial charge in [0.25, 0.3) is 0 Å². The average molecular weight is 322 g/mol. The molecule has 106 valence electrons. The molecule has 2 aromatic carbocycles. The van der Waals surface area contributed by atoms with Crippen LogP contribution in [0.15, 0.2) is 51.7 Å². The molecular weight excluding hydrogens is 313 g/mol. The molecule has 0 aliphatic rings. The second kappa shape index (κ2) is 5.39. The number of rotatable bonds is 3. The predicted molar refractivity (Wildman–Crippen MR) is 81.3 cm³/mol. The molecule has 3 rings (SSSR count). The van der Waals surface area contributed by atoms with Crippen LogP contribution in [0.5, 0.6) is 0 Å². The molecule has 0 amide bonds. The molecule has 0 aliphatic heterocycles. The minimum absolute atomic E-state index is 0.142. The van der Waals surface area contributed by atoms with Crippen LogP contribution in [0.2, 0.25) is 10.0 Å². The molecule has 21 heavy (non-hydrogen) atoms. The Hall–Kier alpha value is -2.04. The lowest BCUT2D eigenvalue weighted by molar-refractivity contribution is 0.0971. The summed E-state index contributed by atoms with van der Waals surface area (Å²) in [6.07, 6.45) is 0. The Morgan fingerprint density at radius 2 is 1.90 bits per heavy atom. The van der Waals surface area contributed by atoms with Gasteiger partial charge in [0.15, 0.2) is 11.4 Å². The third kappa shape index (κ3) is 2.60. The van der Waals surface area contributed by atoms with Gasteiger partial charge in [-0.2, -0.15) is 0 Å². The van der Waals surface area contributed by atoms with Gasteiger partial charge in [-0.25, -0.2) is 4.79 Å². The standard InChI is InChI=1S/C15H9Cl2NO3/c16-9-5-6-10(11(17)7-9)13(19)8-18-12-3-1-2-4-14(12)21-15(18)20/h1-7H,8H2. The number of para-hydroxylation sites is 2. The van der Waals surface area contributed by atoms with E-state index < -0.39 is 5.76 Å². The number of halogens is 2. The Morgan fingerprint density at radius 3 is 2.67 bits per heavy atom. The van der Waals surface area contributed by atoms with E-state index in [9.17, 15) is 9.59 Å². The van der Waals surface area contributed by atoms with Crippen LogP contribution in [-0.4, -0.2) is 10.4 Å². The maximum Gasteiger partial charge on any atom is 0.420 e. The lowest BCUT2D eigenvalue weighted by atomic mass is 10.1. The summed E-state index contributed by atoms with van der Waals surface area (Å²) in [6.45, 7) is -0.142. The van der Waals surface area contributed by atoms with E-state index in [4.69, 9.17) is 27.6 Å². The second-order valence-corrected chi connectivity index (χ2v) is 5.31. The zero-order valence-corrected chi connectivity index (χ0v) is 12.2. The summed E-state index contributed by atoms with van der Waals surface area (Å²) in [4.78, 5) is 24.1. The number of benzene rings is 2. The molecule has 6 heteroatoms. The Kier molecular flexibility index (Phi) is 3.57. The Balaban J connectivity index is 2.00. The van der Waals surface area contributed by atoms with Gasteiger partial charge < -0.3 is 4.42 Å². The van der Waals surface area contributed by atoms with Crippen molar-refractivity contribution in [1.29, 1.82) is 0 Å². The van der Waals surface area contributed by atoms with E-state index in [1.54, 1.807) is 36.4 Å². The molecule has 1 heterocycles. The third-order valence-corrected chi connectivity index (χ3v) is 3.65. The summed E-state index contributed by atoms with van der Waals surface area (Å²) in [5.41, 5.74) is 1.33. The van der Waals surface area contributed by atoms with Crippen molar-refractivity contribution >= 4 is 40.1 Å². The molecule has 0 saturated heterocycles. The number of carbonyl (C=O) groups is 1.